The summed E-state index contributed by atoms with van der Waals surface area (Å²) in [6.07, 6.45) is 0. The molecule has 0 bridgehead atoms. The molecule has 0 radical (unpaired) electrons. The average molecular weight is 1360 g/mol. The first-order chi connectivity index (χ1) is 52.3. The molecule has 3 aliphatic rings. The number of hydrogen-bond donors (Lipinski definition) is 3. The van der Waals surface area contributed by atoms with E-state index in [0.717, 1.165) is 34.1 Å². The fourth-order valence-electron chi connectivity index (χ4n) is 17.1. The number of benzene rings is 17. The lowest BCUT2D eigenvalue weighted by molar-refractivity contribution is 0.660. The maximum atomic E-state index is 3.71. The van der Waals surface area contributed by atoms with Crippen molar-refractivity contribution in [1.82, 2.24) is 0 Å². The zero-order valence-electron chi connectivity index (χ0n) is 59.3. The largest absolute Gasteiger partial charge is 0.356 e. The molecule has 3 aliphatic carbocycles. The van der Waals surface area contributed by atoms with Crippen LogP contribution in [0.5, 0.6) is 0 Å². The monoisotopic (exact) mass is 1360 g/mol. The number of fused-ring (bicyclic) bond motifs is 11. The van der Waals surface area contributed by atoms with Crippen LogP contribution < -0.4 is 16.0 Å². The highest BCUT2D eigenvalue weighted by molar-refractivity contribution is 5.93. The van der Waals surface area contributed by atoms with Crippen LogP contribution in [0.25, 0.3) is 77.2 Å². The van der Waals surface area contributed by atoms with E-state index < -0.39 is 5.41 Å². The van der Waals surface area contributed by atoms with Crippen molar-refractivity contribution in [2.45, 2.75) is 30.1 Å². The molecule has 0 aromatic heterocycles. The first kappa shape index (κ1) is 64.7. The Hall–Kier alpha value is -13.3. The van der Waals surface area contributed by atoms with Gasteiger partial charge in [0.25, 0.3) is 0 Å². The summed E-state index contributed by atoms with van der Waals surface area (Å²) in [6.45, 7) is 4.64. The molecule has 0 heterocycles. The zero-order valence-corrected chi connectivity index (χ0v) is 59.3. The Morgan fingerprint density at radius 1 is 0.170 bits per heavy atom. The summed E-state index contributed by atoms with van der Waals surface area (Å²) in [5.74, 6) is 0. The number of rotatable bonds is 12. The minimum absolute atomic E-state index is 0.0174. The first-order valence-corrected chi connectivity index (χ1v) is 36.8. The topological polar surface area (TPSA) is 36.1 Å². The molecule has 0 atom stereocenters. The highest BCUT2D eigenvalue weighted by atomic mass is 14.9. The van der Waals surface area contributed by atoms with Gasteiger partial charge >= 0.3 is 0 Å². The van der Waals surface area contributed by atoms with E-state index in [4.69, 9.17) is 0 Å². The maximum absolute atomic E-state index is 3.71. The SMILES string of the molecule is CC1(C)c2ccccc2-c2ccc(Nc3ccc(-c4ccc5ccccc5c4)cc3)cc21.c1ccc(-c2cccc(Nc3ccc4c(c3)C(c3ccccc3)(c3ccccc3)c3ccccc3-4)c2)cc1.c1ccc(C2(c3ccccc3)c3ccccc3-c3ccc(Nc4ccc5ccccc5c4)cc32)cc1. The predicted octanol–water partition coefficient (Wildman–Crippen LogP) is 27.0. The highest BCUT2D eigenvalue weighted by Gasteiger charge is 2.48. The molecule has 0 saturated heterocycles. The van der Waals surface area contributed by atoms with Crippen LogP contribution in [0, 0.1) is 0 Å². The molecule has 0 amide bonds. The summed E-state index contributed by atoms with van der Waals surface area (Å²) in [5.41, 5.74) is 31.8. The Bertz CT molecular complexity index is 5990. The second-order valence-electron chi connectivity index (χ2n) is 28.5. The Balaban J connectivity index is 0.000000113. The van der Waals surface area contributed by atoms with Crippen LogP contribution >= 0.6 is 0 Å². The lowest BCUT2D eigenvalue weighted by Gasteiger charge is -2.34. The number of nitrogens with one attached hydrogen (secondary N) is 3. The van der Waals surface area contributed by atoms with Gasteiger partial charge < -0.3 is 16.0 Å². The van der Waals surface area contributed by atoms with Gasteiger partial charge in [-0.1, -0.05) is 347 Å². The van der Waals surface area contributed by atoms with Crippen LogP contribution in [0.2, 0.25) is 0 Å². The first-order valence-electron chi connectivity index (χ1n) is 36.8. The van der Waals surface area contributed by atoms with Crippen molar-refractivity contribution >= 4 is 55.7 Å². The third-order valence-electron chi connectivity index (χ3n) is 22.1. The maximum Gasteiger partial charge on any atom is 0.0714 e. The second kappa shape index (κ2) is 27.5. The van der Waals surface area contributed by atoms with Crippen LogP contribution in [-0.2, 0) is 16.2 Å². The molecule has 0 unspecified atom stereocenters. The summed E-state index contributed by atoms with van der Waals surface area (Å²) in [4.78, 5) is 0. The third-order valence-corrected chi connectivity index (χ3v) is 22.1. The highest BCUT2D eigenvalue weighted by Crippen LogP contribution is 2.59. The van der Waals surface area contributed by atoms with Crippen molar-refractivity contribution in [3.05, 3.63) is 468 Å². The molecule has 106 heavy (non-hydrogen) atoms. The summed E-state index contributed by atoms with van der Waals surface area (Å²) in [6, 6.07) is 149. The molecule has 0 spiro atoms. The van der Waals surface area contributed by atoms with Gasteiger partial charge in [0.15, 0.2) is 0 Å². The molecule has 17 aromatic carbocycles. The average Bonchev–Trinajstić information content (AvgIpc) is 1.51. The summed E-state index contributed by atoms with van der Waals surface area (Å²) in [5, 5.41) is 16.0. The molecule has 0 fully saturated rings. The van der Waals surface area contributed by atoms with E-state index in [1.165, 1.54) is 133 Å². The summed E-state index contributed by atoms with van der Waals surface area (Å²) < 4.78 is 0. The third kappa shape index (κ3) is 11.6. The molecule has 3 nitrogen and oxygen atoms in total. The number of hydrogen-bond acceptors (Lipinski definition) is 3. The van der Waals surface area contributed by atoms with Crippen LogP contribution in [0.1, 0.15) is 69.5 Å². The van der Waals surface area contributed by atoms with Crippen LogP contribution in [0.4, 0.5) is 34.1 Å². The Morgan fingerprint density at radius 2 is 0.472 bits per heavy atom. The summed E-state index contributed by atoms with van der Waals surface area (Å²) in [7, 11) is 0. The minimum atomic E-state index is -0.391. The molecule has 3 heteroatoms. The van der Waals surface area contributed by atoms with Gasteiger partial charge in [0.2, 0.25) is 0 Å². The van der Waals surface area contributed by atoms with Gasteiger partial charge in [0.05, 0.1) is 10.8 Å². The van der Waals surface area contributed by atoms with Crippen molar-refractivity contribution < 1.29 is 0 Å². The molecular weight excluding hydrogens is 1280 g/mol. The van der Waals surface area contributed by atoms with Crippen molar-refractivity contribution in [1.29, 1.82) is 0 Å². The molecule has 504 valence electrons. The molecule has 20 rings (SSSR count). The van der Waals surface area contributed by atoms with E-state index in [1.54, 1.807) is 0 Å². The number of anilines is 6. The van der Waals surface area contributed by atoms with E-state index in [1.807, 2.05) is 0 Å². The molecular formula is C103H77N3. The van der Waals surface area contributed by atoms with E-state index in [-0.39, 0.29) is 10.8 Å². The molecule has 17 aromatic rings. The normalized spacial score (nSPS) is 13.2. The van der Waals surface area contributed by atoms with Crippen LogP contribution in [-0.4, -0.2) is 0 Å². The summed E-state index contributed by atoms with van der Waals surface area (Å²) >= 11 is 0. The lowest BCUT2D eigenvalue weighted by atomic mass is 9.67. The van der Waals surface area contributed by atoms with Gasteiger partial charge in [-0.25, -0.2) is 0 Å². The van der Waals surface area contributed by atoms with Crippen LogP contribution in [0.3, 0.4) is 0 Å². The van der Waals surface area contributed by atoms with E-state index >= 15 is 0 Å². The van der Waals surface area contributed by atoms with Gasteiger partial charge in [-0.15, -0.1) is 0 Å². The Kier molecular flexibility index (Phi) is 16.8. The van der Waals surface area contributed by atoms with E-state index in [2.05, 4.69) is 442 Å². The fourth-order valence-corrected chi connectivity index (χ4v) is 17.1. The van der Waals surface area contributed by atoms with Crippen LogP contribution in [0.15, 0.2) is 413 Å². The fraction of sp³-hybridized carbons (Fsp3) is 0.0485. The minimum Gasteiger partial charge on any atom is -0.356 e. The standard InChI is InChI=1S/C37H27N.C35H25N.C31H25N/c1-4-13-27(14-5-1)28-15-12-20-31(25-28)38-32-23-24-34-33-21-10-11-22-35(33)37(36(34)26-32,29-16-6-2-7-17-29)30-18-8-3-9-19-30;1-3-13-27(14-4-1)35(28-15-5-2-6-16-28)33-18-10-9-17-31(33)32-22-21-30(24-34(32)35)36-29-20-19-25-11-7-8-12-26(25)23-29;1-31(2)29-10-6-5-9-27(29)28-18-17-26(20-30(28)31)32-25-15-13-22(14-16-25)24-12-11-21-7-3-4-8-23(21)19-24/h1-26,38H;1-24,36H;3-20,32H,1-2H3. The molecule has 3 N–H and O–H groups in total. The van der Waals surface area contributed by atoms with Crippen molar-refractivity contribution in [3.63, 3.8) is 0 Å². The van der Waals surface area contributed by atoms with Gasteiger partial charge in [0.1, 0.15) is 0 Å². The van der Waals surface area contributed by atoms with Crippen molar-refractivity contribution in [2.24, 2.45) is 0 Å². The lowest BCUT2D eigenvalue weighted by Crippen LogP contribution is -2.28. The van der Waals surface area contributed by atoms with Gasteiger partial charge in [-0.2, -0.15) is 0 Å². The van der Waals surface area contributed by atoms with Crippen molar-refractivity contribution in [2.75, 3.05) is 16.0 Å². The molecule has 0 saturated carbocycles. The Morgan fingerprint density at radius 3 is 0.972 bits per heavy atom. The zero-order chi connectivity index (χ0) is 71.0. The molecule has 0 aliphatic heterocycles. The van der Waals surface area contributed by atoms with Crippen molar-refractivity contribution in [3.8, 4) is 55.6 Å². The van der Waals surface area contributed by atoms with E-state index in [0.29, 0.717) is 0 Å². The van der Waals surface area contributed by atoms with Gasteiger partial charge in [-0.3, -0.25) is 0 Å². The smallest absolute Gasteiger partial charge is 0.0714 e. The predicted molar refractivity (Wildman–Crippen MR) is 447 cm³/mol. The van der Waals surface area contributed by atoms with Gasteiger partial charge in [0, 0.05) is 39.5 Å². The van der Waals surface area contributed by atoms with E-state index in [9.17, 15) is 0 Å². The second-order valence-corrected chi connectivity index (χ2v) is 28.5. The van der Waals surface area contributed by atoms with Gasteiger partial charge in [-0.05, 0) is 212 Å². The quantitative estimate of drug-likeness (QED) is 0.114. The Labute approximate surface area is 621 Å².